The Morgan fingerprint density at radius 1 is 0.781 bits per heavy atom. The molecule has 3 aromatic carbocycles. The van der Waals surface area contributed by atoms with Crippen LogP contribution in [0.3, 0.4) is 0 Å². The van der Waals surface area contributed by atoms with Gasteiger partial charge in [-0.1, -0.05) is 42.5 Å². The van der Waals surface area contributed by atoms with Crippen molar-refractivity contribution in [1.82, 2.24) is 4.90 Å². The van der Waals surface area contributed by atoms with Crippen molar-refractivity contribution in [3.8, 4) is 5.75 Å². The molecule has 0 radical (unpaired) electrons. The molecule has 0 spiro atoms. The van der Waals surface area contributed by atoms with Crippen molar-refractivity contribution in [3.63, 3.8) is 0 Å². The molecule has 1 amide bonds. The van der Waals surface area contributed by atoms with Gasteiger partial charge in [0.25, 0.3) is 5.91 Å². The van der Waals surface area contributed by atoms with Gasteiger partial charge in [0.2, 0.25) is 0 Å². The summed E-state index contributed by atoms with van der Waals surface area (Å²) in [5, 5.41) is 0. The number of hydrogen-bond acceptors (Lipinski definition) is 4. The van der Waals surface area contributed by atoms with Crippen LogP contribution in [0.4, 0.5) is 5.69 Å². The topological polar surface area (TPSA) is 49.9 Å². The Balaban J connectivity index is 1.28. The Hall–Kier alpha value is -3.60. The number of aryl methyl sites for hydroxylation is 1. The van der Waals surface area contributed by atoms with E-state index in [1.54, 1.807) is 36.4 Å². The molecule has 1 heterocycles. The summed E-state index contributed by atoms with van der Waals surface area (Å²) in [7, 11) is 0. The molecule has 1 saturated heterocycles. The summed E-state index contributed by atoms with van der Waals surface area (Å²) in [6.07, 6.45) is 0. The van der Waals surface area contributed by atoms with Crippen LogP contribution in [-0.4, -0.2) is 49.4 Å². The smallest absolute Gasteiger partial charge is 0.260 e. The molecule has 0 saturated carbocycles. The van der Waals surface area contributed by atoms with E-state index in [0.29, 0.717) is 30.0 Å². The van der Waals surface area contributed by atoms with Gasteiger partial charge in [0.1, 0.15) is 5.75 Å². The zero-order chi connectivity index (χ0) is 22.5. The lowest BCUT2D eigenvalue weighted by Gasteiger charge is -2.37. The predicted octanol–water partition coefficient (Wildman–Crippen LogP) is 4.26. The van der Waals surface area contributed by atoms with E-state index < -0.39 is 0 Å². The van der Waals surface area contributed by atoms with Crippen LogP contribution < -0.4 is 9.64 Å². The maximum Gasteiger partial charge on any atom is 0.260 e. The average molecular weight is 429 g/mol. The first-order valence-electron chi connectivity index (χ1n) is 10.9. The maximum absolute atomic E-state index is 12.6. The number of piperazine rings is 1. The Bertz CT molecular complexity index is 1090. The van der Waals surface area contributed by atoms with E-state index >= 15 is 0 Å². The highest BCUT2D eigenvalue weighted by Gasteiger charge is 2.22. The van der Waals surface area contributed by atoms with Crippen molar-refractivity contribution >= 4 is 17.4 Å². The highest BCUT2D eigenvalue weighted by atomic mass is 16.5. The molecular formula is C27H28N2O3. The zero-order valence-electron chi connectivity index (χ0n) is 18.6. The molecule has 0 bridgehead atoms. The maximum atomic E-state index is 12.6. The highest BCUT2D eigenvalue weighted by molar-refractivity contribution is 6.09. The van der Waals surface area contributed by atoms with E-state index in [4.69, 9.17) is 4.74 Å². The van der Waals surface area contributed by atoms with Crippen LogP contribution in [0.5, 0.6) is 5.75 Å². The number of rotatable bonds is 6. The third kappa shape index (κ3) is 4.83. The number of hydrogen-bond donors (Lipinski definition) is 0. The molecule has 3 aromatic rings. The second-order valence-corrected chi connectivity index (χ2v) is 8.10. The number of amides is 1. The minimum Gasteiger partial charge on any atom is -0.484 e. The summed E-state index contributed by atoms with van der Waals surface area (Å²) < 4.78 is 5.69. The molecule has 1 fully saturated rings. The van der Waals surface area contributed by atoms with Crippen molar-refractivity contribution in [2.24, 2.45) is 0 Å². The number of ether oxygens (including phenoxy) is 1. The first kappa shape index (κ1) is 21.6. The van der Waals surface area contributed by atoms with Gasteiger partial charge in [-0.2, -0.15) is 0 Å². The van der Waals surface area contributed by atoms with Crippen molar-refractivity contribution in [2.75, 3.05) is 37.7 Å². The fraction of sp³-hybridized carbons (Fsp3) is 0.259. The lowest BCUT2D eigenvalue weighted by molar-refractivity contribution is -0.133. The normalized spacial score (nSPS) is 13.7. The van der Waals surface area contributed by atoms with Crippen LogP contribution in [0.25, 0.3) is 0 Å². The minimum absolute atomic E-state index is 0.00451. The molecule has 1 aliphatic heterocycles. The summed E-state index contributed by atoms with van der Waals surface area (Å²) in [5.41, 5.74) is 5.07. The van der Waals surface area contributed by atoms with E-state index in [9.17, 15) is 9.59 Å². The molecule has 5 nitrogen and oxygen atoms in total. The summed E-state index contributed by atoms with van der Waals surface area (Å²) in [6.45, 7) is 7.25. The summed E-state index contributed by atoms with van der Waals surface area (Å²) in [4.78, 5) is 29.3. The number of carbonyl (C=O) groups excluding carboxylic acids is 2. The highest BCUT2D eigenvalue weighted by Crippen LogP contribution is 2.24. The van der Waals surface area contributed by atoms with Gasteiger partial charge >= 0.3 is 0 Å². The number of benzene rings is 3. The van der Waals surface area contributed by atoms with Crippen molar-refractivity contribution in [1.29, 1.82) is 0 Å². The summed E-state index contributed by atoms with van der Waals surface area (Å²) in [5.74, 6) is 0.530. The van der Waals surface area contributed by atoms with Gasteiger partial charge in [0, 0.05) is 43.0 Å². The van der Waals surface area contributed by atoms with Gasteiger partial charge in [0.05, 0.1) is 0 Å². The van der Waals surface area contributed by atoms with Gasteiger partial charge in [-0.05, 0) is 55.3 Å². The zero-order valence-corrected chi connectivity index (χ0v) is 18.6. The fourth-order valence-corrected chi connectivity index (χ4v) is 3.97. The van der Waals surface area contributed by atoms with Crippen LogP contribution in [0.1, 0.15) is 27.0 Å². The standard InChI is InChI=1S/C27H28N2O3/c1-20-7-6-10-25(21(20)2)28-15-17-29(18-16-28)26(30)19-32-24-13-11-23(12-14-24)27(31)22-8-4-3-5-9-22/h3-14H,15-19H2,1-2H3. The summed E-state index contributed by atoms with van der Waals surface area (Å²) in [6, 6.07) is 22.5. The molecule has 0 atom stereocenters. The summed E-state index contributed by atoms with van der Waals surface area (Å²) >= 11 is 0. The minimum atomic E-state index is -0.0325. The lowest BCUT2D eigenvalue weighted by atomic mass is 10.0. The van der Waals surface area contributed by atoms with Gasteiger partial charge in [-0.25, -0.2) is 0 Å². The second-order valence-electron chi connectivity index (χ2n) is 8.10. The van der Waals surface area contributed by atoms with Gasteiger partial charge in [-0.3, -0.25) is 9.59 Å². The Morgan fingerprint density at radius 2 is 1.44 bits per heavy atom. The lowest BCUT2D eigenvalue weighted by Crippen LogP contribution is -2.50. The molecule has 5 heteroatoms. The van der Waals surface area contributed by atoms with Crippen LogP contribution in [0.15, 0.2) is 72.8 Å². The SMILES string of the molecule is Cc1cccc(N2CCN(C(=O)COc3ccc(C(=O)c4ccccc4)cc3)CC2)c1C. The first-order valence-corrected chi connectivity index (χ1v) is 10.9. The number of anilines is 1. The fourth-order valence-electron chi connectivity index (χ4n) is 3.97. The third-order valence-electron chi connectivity index (χ3n) is 6.06. The van der Waals surface area contributed by atoms with Crippen LogP contribution >= 0.6 is 0 Å². The van der Waals surface area contributed by atoms with E-state index in [1.165, 1.54) is 16.8 Å². The van der Waals surface area contributed by atoms with E-state index in [1.807, 2.05) is 23.1 Å². The Labute approximate surface area is 189 Å². The van der Waals surface area contributed by atoms with Crippen LogP contribution in [-0.2, 0) is 4.79 Å². The molecule has 0 N–H and O–H groups in total. The van der Waals surface area contributed by atoms with Gasteiger partial charge < -0.3 is 14.5 Å². The molecule has 1 aliphatic rings. The van der Waals surface area contributed by atoms with E-state index in [0.717, 1.165) is 13.1 Å². The number of nitrogens with zero attached hydrogens (tertiary/aromatic N) is 2. The van der Waals surface area contributed by atoms with Gasteiger partial charge in [-0.15, -0.1) is 0 Å². The van der Waals surface area contributed by atoms with Crippen LogP contribution in [0.2, 0.25) is 0 Å². The molecule has 4 rings (SSSR count). The molecule has 0 aliphatic carbocycles. The quantitative estimate of drug-likeness (QED) is 0.551. The average Bonchev–Trinajstić information content (AvgIpc) is 2.85. The number of ketones is 1. The van der Waals surface area contributed by atoms with Crippen molar-refractivity contribution in [2.45, 2.75) is 13.8 Å². The molecular weight excluding hydrogens is 400 g/mol. The van der Waals surface area contributed by atoms with Gasteiger partial charge in [0.15, 0.2) is 12.4 Å². The third-order valence-corrected chi connectivity index (χ3v) is 6.06. The molecule has 0 aromatic heterocycles. The molecule has 164 valence electrons. The monoisotopic (exact) mass is 428 g/mol. The second kappa shape index (κ2) is 9.69. The Kier molecular flexibility index (Phi) is 6.55. The first-order chi connectivity index (χ1) is 15.5. The largest absolute Gasteiger partial charge is 0.484 e. The van der Waals surface area contributed by atoms with Crippen LogP contribution in [0, 0.1) is 13.8 Å². The molecule has 32 heavy (non-hydrogen) atoms. The van der Waals surface area contributed by atoms with E-state index in [-0.39, 0.29) is 18.3 Å². The Morgan fingerprint density at radius 3 is 2.12 bits per heavy atom. The van der Waals surface area contributed by atoms with E-state index in [2.05, 4.69) is 36.9 Å². The van der Waals surface area contributed by atoms with Crippen molar-refractivity contribution in [3.05, 3.63) is 95.1 Å². The predicted molar refractivity (Wildman–Crippen MR) is 127 cm³/mol. The van der Waals surface area contributed by atoms with Crippen molar-refractivity contribution < 1.29 is 14.3 Å². The number of carbonyl (C=O) groups is 2. The molecule has 0 unspecified atom stereocenters.